The van der Waals surface area contributed by atoms with Gasteiger partial charge >= 0.3 is 6.03 Å². The van der Waals surface area contributed by atoms with E-state index in [1.165, 1.54) is 10.4 Å². The second-order valence-corrected chi connectivity index (χ2v) is 6.90. The zero-order chi connectivity index (χ0) is 15.8. The monoisotopic (exact) mass is 311 g/mol. The lowest BCUT2D eigenvalue weighted by atomic mass is 10.2. The van der Waals surface area contributed by atoms with E-state index < -0.39 is 0 Å². The van der Waals surface area contributed by atoms with Gasteiger partial charge in [-0.15, -0.1) is 11.3 Å². The van der Waals surface area contributed by atoms with E-state index in [1.807, 2.05) is 7.05 Å². The number of hydrogen-bond donors (Lipinski definition) is 1. The molecule has 0 radical (unpaired) electrons. The van der Waals surface area contributed by atoms with E-state index in [-0.39, 0.29) is 6.03 Å². The third-order valence-corrected chi connectivity index (χ3v) is 4.80. The maximum absolute atomic E-state index is 12.0. The van der Waals surface area contributed by atoms with Crippen LogP contribution in [0.5, 0.6) is 0 Å². The summed E-state index contributed by atoms with van der Waals surface area (Å²) in [5.41, 5.74) is 1.26. The lowest BCUT2D eigenvalue weighted by Crippen LogP contribution is -2.37. The second kappa shape index (κ2) is 9.05. The Morgan fingerprint density at radius 1 is 1.33 bits per heavy atom. The highest BCUT2D eigenvalue weighted by Crippen LogP contribution is 2.17. The van der Waals surface area contributed by atoms with E-state index in [2.05, 4.69) is 49.5 Å². The van der Waals surface area contributed by atoms with Crippen LogP contribution in [0.25, 0.3) is 0 Å². The van der Waals surface area contributed by atoms with Gasteiger partial charge in [-0.1, -0.05) is 0 Å². The molecule has 0 aromatic carbocycles. The molecule has 0 atom stereocenters. The summed E-state index contributed by atoms with van der Waals surface area (Å²) in [6.45, 7) is 9.00. The van der Waals surface area contributed by atoms with Gasteiger partial charge in [0.05, 0.1) is 6.54 Å². The lowest BCUT2D eigenvalue weighted by molar-refractivity contribution is 0.206. The molecule has 0 saturated heterocycles. The molecule has 0 saturated carbocycles. The smallest absolute Gasteiger partial charge is 0.317 e. The molecule has 0 aliphatic rings. The van der Waals surface area contributed by atoms with Gasteiger partial charge in [0, 0.05) is 24.5 Å². The minimum Gasteiger partial charge on any atom is -0.338 e. The Labute approximate surface area is 133 Å². The molecule has 1 N–H and O–H groups in total. The summed E-state index contributed by atoms with van der Waals surface area (Å²) in [7, 11) is 3.99. The Kier molecular flexibility index (Phi) is 7.75. The number of aryl methyl sites for hydroxylation is 1. The van der Waals surface area contributed by atoms with Gasteiger partial charge in [-0.05, 0) is 64.2 Å². The van der Waals surface area contributed by atoms with Crippen molar-refractivity contribution in [2.24, 2.45) is 0 Å². The average molecular weight is 311 g/mol. The largest absolute Gasteiger partial charge is 0.338 e. The summed E-state index contributed by atoms with van der Waals surface area (Å²) in [5, 5.41) is 5.06. The fourth-order valence-electron chi connectivity index (χ4n) is 1.93. The molecule has 0 aliphatic carbocycles. The fourth-order valence-corrected chi connectivity index (χ4v) is 2.89. The summed E-state index contributed by atoms with van der Waals surface area (Å²) >= 11 is 1.71. The number of amides is 2. The average Bonchev–Trinajstić information content (AvgIpc) is 2.83. The number of rotatable bonds is 8. The van der Waals surface area contributed by atoms with E-state index in [0.29, 0.717) is 12.6 Å². The van der Waals surface area contributed by atoms with Crippen LogP contribution in [0.2, 0.25) is 0 Å². The summed E-state index contributed by atoms with van der Waals surface area (Å²) < 4.78 is 0. The number of nitrogens with one attached hydrogen (secondary N) is 1. The molecule has 21 heavy (non-hydrogen) atoms. The molecule has 5 heteroatoms. The number of carbonyl (C=O) groups is 1. The van der Waals surface area contributed by atoms with Crippen molar-refractivity contribution in [3.63, 3.8) is 0 Å². The third kappa shape index (κ3) is 6.48. The van der Waals surface area contributed by atoms with E-state index in [9.17, 15) is 4.79 Å². The number of thiophene rings is 1. The highest BCUT2D eigenvalue weighted by molar-refractivity contribution is 7.10. The maximum atomic E-state index is 12.0. The number of urea groups is 1. The second-order valence-electron chi connectivity index (χ2n) is 5.90. The normalized spacial score (nSPS) is 11.2. The van der Waals surface area contributed by atoms with Gasteiger partial charge in [-0.25, -0.2) is 4.79 Å². The van der Waals surface area contributed by atoms with Crippen molar-refractivity contribution < 1.29 is 4.79 Å². The van der Waals surface area contributed by atoms with Gasteiger partial charge in [-0.3, -0.25) is 0 Å². The highest BCUT2D eigenvalue weighted by Gasteiger charge is 2.10. The van der Waals surface area contributed by atoms with Crippen LogP contribution in [0.1, 0.15) is 37.1 Å². The molecule has 4 nitrogen and oxygen atoms in total. The summed E-state index contributed by atoms with van der Waals surface area (Å²) in [4.78, 5) is 17.3. The zero-order valence-electron chi connectivity index (χ0n) is 14.0. The van der Waals surface area contributed by atoms with Crippen molar-refractivity contribution in [3.8, 4) is 0 Å². The van der Waals surface area contributed by atoms with E-state index >= 15 is 0 Å². The van der Waals surface area contributed by atoms with Crippen molar-refractivity contribution >= 4 is 17.4 Å². The van der Waals surface area contributed by atoms with Crippen molar-refractivity contribution in [1.82, 2.24) is 15.1 Å². The zero-order valence-corrected chi connectivity index (χ0v) is 14.8. The Balaban J connectivity index is 2.17. The predicted octanol–water partition coefficient (Wildman–Crippen LogP) is 3.32. The molecule has 120 valence electrons. The molecule has 0 spiro atoms. The standard InChI is InChI=1S/C16H29N3OS/c1-13(2)18(4)10-7-6-9-17-16(20)19(5)12-15-14(3)8-11-21-15/h8,11,13H,6-7,9-10,12H2,1-5H3,(H,17,20). The van der Waals surface area contributed by atoms with Gasteiger partial charge in [0.1, 0.15) is 0 Å². The Bertz CT molecular complexity index is 431. The van der Waals surface area contributed by atoms with Gasteiger partial charge in [0.2, 0.25) is 0 Å². The number of hydrogen-bond acceptors (Lipinski definition) is 3. The third-order valence-electron chi connectivity index (χ3n) is 3.79. The van der Waals surface area contributed by atoms with Crippen LogP contribution >= 0.6 is 11.3 Å². The summed E-state index contributed by atoms with van der Waals surface area (Å²) in [6, 6.07) is 2.69. The van der Waals surface area contributed by atoms with Crippen LogP contribution in [0.15, 0.2) is 11.4 Å². The molecule has 0 aliphatic heterocycles. The molecule has 1 rings (SSSR count). The highest BCUT2D eigenvalue weighted by atomic mass is 32.1. The number of nitrogens with zero attached hydrogens (tertiary/aromatic N) is 2. The molecule has 0 bridgehead atoms. The Hall–Kier alpha value is -1.07. The minimum absolute atomic E-state index is 0.0139. The van der Waals surface area contributed by atoms with Gasteiger partial charge in [0.15, 0.2) is 0 Å². The first-order chi connectivity index (χ1) is 9.91. The van der Waals surface area contributed by atoms with Crippen LogP contribution in [0.3, 0.4) is 0 Å². The van der Waals surface area contributed by atoms with Crippen LogP contribution in [0.4, 0.5) is 4.79 Å². The van der Waals surface area contributed by atoms with Crippen LogP contribution in [-0.4, -0.2) is 49.1 Å². The topological polar surface area (TPSA) is 35.6 Å². The molecule has 0 unspecified atom stereocenters. The van der Waals surface area contributed by atoms with Gasteiger partial charge < -0.3 is 15.1 Å². The quantitative estimate of drug-likeness (QED) is 0.748. The van der Waals surface area contributed by atoms with Crippen molar-refractivity contribution in [1.29, 1.82) is 0 Å². The predicted molar refractivity (Wildman–Crippen MR) is 90.9 cm³/mol. The first-order valence-corrected chi connectivity index (χ1v) is 8.52. The molecular weight excluding hydrogens is 282 g/mol. The number of carbonyl (C=O) groups excluding carboxylic acids is 1. The molecule has 1 aromatic rings. The van der Waals surface area contributed by atoms with E-state index in [4.69, 9.17) is 0 Å². The first kappa shape index (κ1) is 18.0. The molecule has 0 fully saturated rings. The SMILES string of the molecule is Cc1ccsc1CN(C)C(=O)NCCCCN(C)C(C)C. The van der Waals surface area contributed by atoms with Gasteiger partial charge in [0.25, 0.3) is 0 Å². The van der Waals surface area contributed by atoms with Crippen LogP contribution in [0, 0.1) is 6.92 Å². The van der Waals surface area contributed by atoms with E-state index in [1.54, 1.807) is 16.2 Å². The van der Waals surface area contributed by atoms with Crippen LogP contribution < -0.4 is 5.32 Å². The summed E-state index contributed by atoms with van der Waals surface area (Å²) in [5.74, 6) is 0. The lowest BCUT2D eigenvalue weighted by Gasteiger charge is -2.21. The van der Waals surface area contributed by atoms with E-state index in [0.717, 1.165) is 25.9 Å². The molecule has 1 aromatic heterocycles. The first-order valence-electron chi connectivity index (χ1n) is 7.64. The van der Waals surface area contributed by atoms with Crippen molar-refractivity contribution in [2.75, 3.05) is 27.2 Å². The maximum Gasteiger partial charge on any atom is 0.317 e. The minimum atomic E-state index is 0.0139. The molecular formula is C16H29N3OS. The van der Waals surface area contributed by atoms with Crippen LogP contribution in [-0.2, 0) is 6.54 Å². The van der Waals surface area contributed by atoms with Crippen molar-refractivity contribution in [2.45, 2.75) is 46.2 Å². The fraction of sp³-hybridized carbons (Fsp3) is 0.688. The Morgan fingerprint density at radius 3 is 2.62 bits per heavy atom. The molecule has 2 amide bonds. The Morgan fingerprint density at radius 2 is 2.05 bits per heavy atom. The number of unbranched alkanes of at least 4 members (excludes halogenated alkanes) is 1. The van der Waals surface area contributed by atoms with Crippen molar-refractivity contribution in [3.05, 3.63) is 21.9 Å². The summed E-state index contributed by atoms with van der Waals surface area (Å²) in [6.07, 6.45) is 2.14. The molecule has 1 heterocycles. The van der Waals surface area contributed by atoms with Gasteiger partial charge in [-0.2, -0.15) is 0 Å².